The van der Waals surface area contributed by atoms with Gasteiger partial charge in [-0.25, -0.2) is 8.42 Å². The normalized spacial score (nSPS) is 11.8. The van der Waals surface area contributed by atoms with E-state index in [1.54, 1.807) is 25.1 Å². The first-order chi connectivity index (χ1) is 10.4. The summed E-state index contributed by atoms with van der Waals surface area (Å²) in [4.78, 5) is 0. The monoisotopic (exact) mass is 337 g/mol. The second-order valence-electron chi connectivity index (χ2n) is 4.81. The Bertz CT molecular complexity index is 927. The highest BCUT2D eigenvalue weighted by Crippen LogP contribution is 2.33. The molecule has 0 saturated heterocycles. The van der Waals surface area contributed by atoms with Crippen molar-refractivity contribution in [2.75, 3.05) is 6.26 Å². The zero-order chi connectivity index (χ0) is 15.9. The third-order valence-corrected chi connectivity index (χ3v) is 4.28. The number of hydrogen-bond donors (Lipinski definition) is 0. The van der Waals surface area contributed by atoms with Crippen LogP contribution in [0.1, 0.15) is 5.76 Å². The van der Waals surface area contributed by atoms with Crippen LogP contribution in [0.25, 0.3) is 22.5 Å². The number of hydrogen-bond acceptors (Lipinski definition) is 5. The molecule has 2 aromatic heterocycles. The van der Waals surface area contributed by atoms with E-state index in [2.05, 4.69) is 10.3 Å². The maximum Gasteiger partial charge on any atom is 0.250 e. The minimum atomic E-state index is -3.43. The van der Waals surface area contributed by atoms with Gasteiger partial charge in [0.15, 0.2) is 0 Å². The van der Waals surface area contributed by atoms with Gasteiger partial charge in [0.25, 0.3) is 10.0 Å². The molecule has 8 heteroatoms. The molecule has 0 aliphatic heterocycles. The second-order valence-corrected chi connectivity index (χ2v) is 7.08. The molecule has 0 fully saturated rings. The molecular formula is C14H12ClN3O3S. The summed E-state index contributed by atoms with van der Waals surface area (Å²) < 4.78 is 29.2. The summed E-state index contributed by atoms with van der Waals surface area (Å²) in [7, 11) is -3.43. The fourth-order valence-electron chi connectivity index (χ4n) is 2.10. The zero-order valence-electron chi connectivity index (χ0n) is 11.8. The van der Waals surface area contributed by atoms with Crippen molar-refractivity contribution in [3.05, 3.63) is 47.3 Å². The molecule has 1 aromatic carbocycles. The smallest absolute Gasteiger partial charge is 0.250 e. The molecule has 0 N–H and O–H groups in total. The highest BCUT2D eigenvalue weighted by atomic mass is 35.5. The quantitative estimate of drug-likeness (QED) is 0.734. The summed E-state index contributed by atoms with van der Waals surface area (Å²) in [5.74, 6) is 0.559. The molecule has 0 bridgehead atoms. The third kappa shape index (κ3) is 2.65. The highest BCUT2D eigenvalue weighted by Gasteiger charge is 2.20. The van der Waals surface area contributed by atoms with Crippen LogP contribution in [-0.2, 0) is 10.0 Å². The topological polar surface area (TPSA) is 78.0 Å². The van der Waals surface area contributed by atoms with E-state index in [0.717, 1.165) is 15.9 Å². The minimum absolute atomic E-state index is 0.481. The molecule has 3 rings (SSSR count). The van der Waals surface area contributed by atoms with Crippen LogP contribution in [-0.4, -0.2) is 29.0 Å². The van der Waals surface area contributed by atoms with Crippen LogP contribution in [0.3, 0.4) is 0 Å². The largest absolute Gasteiger partial charge is 0.360 e. The molecule has 0 radical (unpaired) electrons. The Kier molecular flexibility index (Phi) is 3.54. The van der Waals surface area contributed by atoms with Gasteiger partial charge in [-0.1, -0.05) is 28.9 Å². The molecule has 22 heavy (non-hydrogen) atoms. The van der Waals surface area contributed by atoms with Gasteiger partial charge in [0, 0.05) is 16.8 Å². The van der Waals surface area contributed by atoms with Gasteiger partial charge < -0.3 is 4.52 Å². The van der Waals surface area contributed by atoms with E-state index in [1.807, 2.05) is 12.1 Å². The van der Waals surface area contributed by atoms with Crippen molar-refractivity contribution in [2.45, 2.75) is 6.92 Å². The van der Waals surface area contributed by atoms with Crippen molar-refractivity contribution >= 4 is 21.6 Å². The summed E-state index contributed by atoms with van der Waals surface area (Å²) in [6.45, 7) is 1.75. The third-order valence-electron chi connectivity index (χ3n) is 3.14. The fourth-order valence-corrected chi connectivity index (χ4v) is 2.75. The van der Waals surface area contributed by atoms with E-state index in [-0.39, 0.29) is 0 Å². The van der Waals surface area contributed by atoms with E-state index in [1.165, 1.54) is 6.20 Å². The van der Waals surface area contributed by atoms with Crippen molar-refractivity contribution in [1.29, 1.82) is 0 Å². The number of aromatic nitrogens is 3. The molecule has 114 valence electrons. The van der Waals surface area contributed by atoms with Crippen molar-refractivity contribution in [3.63, 3.8) is 0 Å². The average Bonchev–Trinajstić information content (AvgIpc) is 3.05. The minimum Gasteiger partial charge on any atom is -0.360 e. The lowest BCUT2D eigenvalue weighted by atomic mass is 10.0. The van der Waals surface area contributed by atoms with Crippen LogP contribution >= 0.6 is 11.6 Å². The summed E-state index contributed by atoms with van der Waals surface area (Å²) in [5.41, 5.74) is 2.54. The number of halogens is 1. The fraction of sp³-hybridized carbons (Fsp3) is 0.143. The van der Waals surface area contributed by atoms with Crippen LogP contribution in [0.5, 0.6) is 0 Å². The Morgan fingerprint density at radius 2 is 1.86 bits per heavy atom. The van der Waals surface area contributed by atoms with Gasteiger partial charge in [-0.3, -0.25) is 0 Å². The van der Waals surface area contributed by atoms with Crippen molar-refractivity contribution < 1.29 is 12.9 Å². The Morgan fingerprint density at radius 3 is 2.45 bits per heavy atom. The molecule has 0 spiro atoms. The first-order valence-corrected chi connectivity index (χ1v) is 8.57. The summed E-state index contributed by atoms with van der Waals surface area (Å²) in [6, 6.07) is 8.74. The van der Waals surface area contributed by atoms with E-state index in [0.29, 0.717) is 27.7 Å². The van der Waals surface area contributed by atoms with Gasteiger partial charge in [-0.15, -0.1) is 0 Å². The van der Waals surface area contributed by atoms with Gasteiger partial charge >= 0.3 is 0 Å². The predicted molar refractivity (Wildman–Crippen MR) is 83.1 cm³/mol. The Balaban J connectivity index is 2.14. The van der Waals surface area contributed by atoms with Crippen LogP contribution in [0, 0.1) is 6.92 Å². The summed E-state index contributed by atoms with van der Waals surface area (Å²) >= 11 is 5.89. The first kappa shape index (κ1) is 14.8. The zero-order valence-corrected chi connectivity index (χ0v) is 13.4. The average molecular weight is 338 g/mol. The lowest BCUT2D eigenvalue weighted by molar-refractivity contribution is 0.400. The number of rotatable bonds is 3. The molecular weight excluding hydrogens is 326 g/mol. The Labute approximate surface area is 132 Å². The molecule has 0 aliphatic carbocycles. The first-order valence-electron chi connectivity index (χ1n) is 6.35. The molecule has 0 amide bonds. The maximum absolute atomic E-state index is 11.5. The number of aryl methyl sites for hydroxylation is 1. The number of benzene rings is 1. The van der Waals surface area contributed by atoms with Crippen molar-refractivity contribution in [2.24, 2.45) is 0 Å². The molecule has 0 atom stereocenters. The van der Waals surface area contributed by atoms with Crippen LogP contribution in [0.2, 0.25) is 5.02 Å². The van der Waals surface area contributed by atoms with Gasteiger partial charge in [-0.2, -0.15) is 9.19 Å². The maximum atomic E-state index is 11.5. The Morgan fingerprint density at radius 1 is 1.18 bits per heavy atom. The summed E-state index contributed by atoms with van der Waals surface area (Å²) in [6.07, 6.45) is 2.48. The van der Waals surface area contributed by atoms with E-state index >= 15 is 0 Å². The van der Waals surface area contributed by atoms with Gasteiger partial charge in [0.05, 0.1) is 17.5 Å². The van der Waals surface area contributed by atoms with Gasteiger partial charge in [-0.05, 0) is 25.1 Å². The van der Waals surface area contributed by atoms with E-state index in [4.69, 9.17) is 16.1 Å². The van der Waals surface area contributed by atoms with Crippen molar-refractivity contribution in [3.8, 4) is 22.5 Å². The van der Waals surface area contributed by atoms with Crippen LogP contribution in [0.15, 0.2) is 41.1 Å². The predicted octanol–water partition coefficient (Wildman–Crippen LogP) is 2.97. The van der Waals surface area contributed by atoms with E-state index < -0.39 is 10.0 Å². The molecule has 6 nitrogen and oxygen atoms in total. The standard InChI is InChI=1S/C14H12ClN3O3S/c1-9-13(12-7-8-18(16-12)22(2,19)20)14(17-21-9)10-3-5-11(15)6-4-10/h3-8H,1-2H3. The van der Waals surface area contributed by atoms with Gasteiger partial charge in [0.2, 0.25) is 0 Å². The molecule has 0 aliphatic rings. The summed E-state index contributed by atoms with van der Waals surface area (Å²) in [5, 5.41) is 8.76. The second kappa shape index (κ2) is 5.26. The SMILES string of the molecule is Cc1onc(-c2ccc(Cl)cc2)c1-c1ccn(S(C)(=O)=O)n1. The Hall–Kier alpha value is -2.12. The molecule has 0 unspecified atom stereocenters. The van der Waals surface area contributed by atoms with E-state index in [9.17, 15) is 8.42 Å². The van der Waals surface area contributed by atoms with Gasteiger partial charge in [0.1, 0.15) is 11.5 Å². The highest BCUT2D eigenvalue weighted by molar-refractivity contribution is 7.89. The van der Waals surface area contributed by atoms with Crippen LogP contribution in [0.4, 0.5) is 0 Å². The molecule has 0 saturated carbocycles. The number of nitrogens with zero attached hydrogens (tertiary/aromatic N) is 3. The molecule has 3 aromatic rings. The van der Waals surface area contributed by atoms with Crippen LogP contribution < -0.4 is 0 Å². The van der Waals surface area contributed by atoms with Crippen molar-refractivity contribution in [1.82, 2.24) is 14.3 Å². The lowest BCUT2D eigenvalue weighted by Crippen LogP contribution is -2.10. The molecule has 2 heterocycles. The lowest BCUT2D eigenvalue weighted by Gasteiger charge is -2.00.